The summed E-state index contributed by atoms with van der Waals surface area (Å²) in [5.74, 6) is 0.690. The van der Waals surface area contributed by atoms with Crippen LogP contribution in [0.4, 0.5) is 0 Å². The summed E-state index contributed by atoms with van der Waals surface area (Å²) in [6.07, 6.45) is 0. The van der Waals surface area contributed by atoms with Crippen LogP contribution in [0.3, 0.4) is 0 Å². The van der Waals surface area contributed by atoms with Crippen molar-refractivity contribution in [1.29, 1.82) is 0 Å². The number of aromatic nitrogens is 4. The molecule has 0 fully saturated rings. The lowest BCUT2D eigenvalue weighted by molar-refractivity contribution is 0.521. The van der Waals surface area contributed by atoms with Gasteiger partial charge in [0.2, 0.25) is 0 Å². The molecule has 6 heteroatoms. The number of hydrogen-bond acceptors (Lipinski definition) is 4. The number of nitrogens with two attached hydrogens (primary N) is 1. The Morgan fingerprint density at radius 1 is 1.38 bits per heavy atom. The molecule has 1 aromatic heterocycles. The first-order valence-electron chi connectivity index (χ1n) is 4.94. The number of hydrogen-bond donors (Lipinski definition) is 1. The maximum atomic E-state index is 5.56. The minimum absolute atomic E-state index is 0.0849. The summed E-state index contributed by atoms with van der Waals surface area (Å²) in [7, 11) is 0. The average Bonchev–Trinajstić information content (AvgIpc) is 2.77. The third kappa shape index (κ3) is 2.12. The van der Waals surface area contributed by atoms with Gasteiger partial charge in [-0.25, -0.2) is 4.68 Å². The highest BCUT2D eigenvalue weighted by Crippen LogP contribution is 2.19. The molecule has 0 spiro atoms. The van der Waals surface area contributed by atoms with Crippen LogP contribution in [-0.4, -0.2) is 20.2 Å². The second-order valence-corrected chi connectivity index (χ2v) is 4.39. The highest BCUT2D eigenvalue weighted by Gasteiger charge is 2.13. The summed E-state index contributed by atoms with van der Waals surface area (Å²) in [4.78, 5) is 0. The average molecular weight is 282 g/mol. The van der Waals surface area contributed by atoms with Crippen molar-refractivity contribution in [1.82, 2.24) is 20.2 Å². The van der Waals surface area contributed by atoms with Gasteiger partial charge < -0.3 is 5.73 Å². The molecule has 1 unspecified atom stereocenters. The minimum atomic E-state index is 0.0849. The molecule has 1 heterocycles. The third-order valence-corrected chi connectivity index (χ3v) is 2.99. The van der Waals surface area contributed by atoms with Crippen LogP contribution in [0.15, 0.2) is 28.7 Å². The molecule has 0 amide bonds. The molecule has 1 atom stereocenters. The predicted octanol–water partition coefficient (Wildman–Crippen LogP) is 1.50. The van der Waals surface area contributed by atoms with Gasteiger partial charge in [-0.1, -0.05) is 28.1 Å². The van der Waals surface area contributed by atoms with Crippen LogP contribution < -0.4 is 5.73 Å². The minimum Gasteiger partial charge on any atom is -0.324 e. The Morgan fingerprint density at radius 2 is 2.06 bits per heavy atom. The molecule has 0 saturated heterocycles. The molecule has 2 N–H and O–H groups in total. The molecule has 5 nitrogen and oxygen atoms in total. The van der Waals surface area contributed by atoms with Crippen molar-refractivity contribution in [2.75, 3.05) is 0 Å². The maximum absolute atomic E-state index is 5.56. The van der Waals surface area contributed by atoms with Crippen molar-refractivity contribution in [2.45, 2.75) is 19.5 Å². The lowest BCUT2D eigenvalue weighted by atomic mass is 10.1. The molecule has 0 radical (unpaired) electrons. The van der Waals surface area contributed by atoms with Crippen LogP contribution in [0.1, 0.15) is 24.4 Å². The summed E-state index contributed by atoms with van der Waals surface area (Å²) in [6, 6.07) is 8.16. The largest absolute Gasteiger partial charge is 0.324 e. The summed E-state index contributed by atoms with van der Waals surface area (Å²) in [5.41, 5.74) is 6.71. The van der Waals surface area contributed by atoms with Gasteiger partial charge in [0.25, 0.3) is 0 Å². The molecular weight excluding hydrogens is 270 g/mol. The van der Waals surface area contributed by atoms with Gasteiger partial charge in [0.15, 0.2) is 5.82 Å². The van der Waals surface area contributed by atoms with E-state index in [0.717, 1.165) is 10.0 Å². The van der Waals surface area contributed by atoms with E-state index in [-0.39, 0.29) is 6.04 Å². The predicted molar refractivity (Wildman–Crippen MR) is 63.7 cm³/mol. The van der Waals surface area contributed by atoms with Gasteiger partial charge in [0.05, 0.1) is 12.6 Å². The fourth-order valence-corrected chi connectivity index (χ4v) is 1.79. The second kappa shape index (κ2) is 4.71. The SMILES string of the molecule is CC(c1ccc(Br)cc1)n1nnnc1CN. The number of tetrazole rings is 1. The Bertz CT molecular complexity index is 464. The second-order valence-electron chi connectivity index (χ2n) is 3.47. The topological polar surface area (TPSA) is 69.6 Å². The molecule has 0 aliphatic carbocycles. The first-order chi connectivity index (χ1) is 7.72. The van der Waals surface area contributed by atoms with E-state index >= 15 is 0 Å². The van der Waals surface area contributed by atoms with E-state index in [0.29, 0.717) is 12.4 Å². The highest BCUT2D eigenvalue weighted by molar-refractivity contribution is 9.10. The van der Waals surface area contributed by atoms with Gasteiger partial charge in [-0.3, -0.25) is 0 Å². The number of rotatable bonds is 3. The standard InChI is InChI=1S/C10H12BrN5/c1-7(8-2-4-9(11)5-3-8)16-10(6-12)13-14-15-16/h2-5,7H,6,12H2,1H3. The van der Waals surface area contributed by atoms with E-state index < -0.39 is 0 Å². The van der Waals surface area contributed by atoms with E-state index in [1.54, 1.807) is 4.68 Å². The normalized spacial score (nSPS) is 12.7. The fraction of sp³-hybridized carbons (Fsp3) is 0.300. The quantitative estimate of drug-likeness (QED) is 0.926. The molecule has 2 rings (SSSR count). The van der Waals surface area contributed by atoms with E-state index in [1.165, 1.54) is 0 Å². The van der Waals surface area contributed by atoms with Crippen molar-refractivity contribution < 1.29 is 0 Å². The van der Waals surface area contributed by atoms with Gasteiger partial charge in [0, 0.05) is 4.47 Å². The van der Waals surface area contributed by atoms with Crippen molar-refractivity contribution in [3.8, 4) is 0 Å². The van der Waals surface area contributed by atoms with Gasteiger partial charge in [-0.2, -0.15) is 0 Å². The van der Waals surface area contributed by atoms with Crippen molar-refractivity contribution in [2.24, 2.45) is 5.73 Å². The van der Waals surface area contributed by atoms with Gasteiger partial charge in [0.1, 0.15) is 0 Å². The number of benzene rings is 1. The van der Waals surface area contributed by atoms with Crippen LogP contribution in [0, 0.1) is 0 Å². The van der Waals surface area contributed by atoms with Crippen LogP contribution in [0.2, 0.25) is 0 Å². The molecule has 0 aliphatic heterocycles. The van der Waals surface area contributed by atoms with Gasteiger partial charge >= 0.3 is 0 Å². The first-order valence-corrected chi connectivity index (χ1v) is 5.74. The number of nitrogens with zero attached hydrogens (tertiary/aromatic N) is 4. The van der Waals surface area contributed by atoms with E-state index in [4.69, 9.17) is 5.73 Å². The van der Waals surface area contributed by atoms with Crippen LogP contribution in [-0.2, 0) is 6.54 Å². The molecule has 16 heavy (non-hydrogen) atoms. The van der Waals surface area contributed by atoms with E-state index in [9.17, 15) is 0 Å². The van der Waals surface area contributed by atoms with Gasteiger partial charge in [-0.15, -0.1) is 5.10 Å². The molecule has 0 aliphatic rings. The highest BCUT2D eigenvalue weighted by atomic mass is 79.9. The van der Waals surface area contributed by atoms with E-state index in [1.807, 2.05) is 31.2 Å². The lowest BCUT2D eigenvalue weighted by Crippen LogP contribution is -2.15. The van der Waals surface area contributed by atoms with Gasteiger partial charge in [-0.05, 0) is 35.0 Å². The number of halogens is 1. The van der Waals surface area contributed by atoms with E-state index in [2.05, 4.69) is 31.5 Å². The summed E-state index contributed by atoms with van der Waals surface area (Å²) >= 11 is 3.40. The molecular formula is C10H12BrN5. The zero-order chi connectivity index (χ0) is 11.5. The zero-order valence-electron chi connectivity index (χ0n) is 8.84. The summed E-state index contributed by atoms with van der Waals surface area (Å²) in [6.45, 7) is 2.38. The first kappa shape index (κ1) is 11.2. The maximum Gasteiger partial charge on any atom is 0.165 e. The molecule has 0 saturated carbocycles. The molecule has 0 bridgehead atoms. The Balaban J connectivity index is 2.31. The molecule has 1 aromatic carbocycles. The third-order valence-electron chi connectivity index (χ3n) is 2.46. The fourth-order valence-electron chi connectivity index (χ4n) is 1.53. The monoisotopic (exact) mass is 281 g/mol. The Kier molecular flexibility index (Phi) is 3.31. The molecule has 84 valence electrons. The van der Waals surface area contributed by atoms with Crippen LogP contribution in [0.25, 0.3) is 0 Å². The molecule has 2 aromatic rings. The van der Waals surface area contributed by atoms with Crippen molar-refractivity contribution in [3.63, 3.8) is 0 Å². The zero-order valence-corrected chi connectivity index (χ0v) is 10.4. The lowest BCUT2D eigenvalue weighted by Gasteiger charge is -2.13. The Hall–Kier alpha value is -1.27. The van der Waals surface area contributed by atoms with Crippen molar-refractivity contribution >= 4 is 15.9 Å². The van der Waals surface area contributed by atoms with Crippen LogP contribution in [0.5, 0.6) is 0 Å². The Morgan fingerprint density at radius 3 is 2.69 bits per heavy atom. The smallest absolute Gasteiger partial charge is 0.165 e. The summed E-state index contributed by atoms with van der Waals surface area (Å²) in [5, 5.41) is 11.4. The summed E-state index contributed by atoms with van der Waals surface area (Å²) < 4.78 is 2.79. The van der Waals surface area contributed by atoms with Crippen molar-refractivity contribution in [3.05, 3.63) is 40.1 Å². The Labute approximate surface area is 102 Å². The van der Waals surface area contributed by atoms with Crippen LogP contribution >= 0.6 is 15.9 Å².